The highest BCUT2D eigenvalue weighted by Gasteiger charge is 2.23. The van der Waals surface area contributed by atoms with Crippen molar-refractivity contribution in [1.29, 1.82) is 0 Å². The minimum absolute atomic E-state index is 0.0286. The summed E-state index contributed by atoms with van der Waals surface area (Å²) in [5.41, 5.74) is 3.07. The van der Waals surface area contributed by atoms with Crippen molar-refractivity contribution < 1.29 is 14.8 Å². The first-order valence-corrected chi connectivity index (χ1v) is 9.63. The maximum absolute atomic E-state index is 13.0. The maximum atomic E-state index is 13.0. The number of hydrogen-bond acceptors (Lipinski definition) is 2. The lowest BCUT2D eigenvalue weighted by molar-refractivity contribution is -0.682. The van der Waals surface area contributed by atoms with E-state index >= 15 is 0 Å². The molecule has 0 unspecified atom stereocenters. The van der Waals surface area contributed by atoms with Crippen LogP contribution in [0.15, 0.2) is 84.9 Å². The minimum atomic E-state index is -0.289. The molecule has 0 aliphatic heterocycles. The number of hydrogen-bond donors (Lipinski definition) is 2. The molecule has 0 saturated carbocycles. The Morgan fingerprint density at radius 3 is 2.39 bits per heavy atom. The average Bonchev–Trinajstić information content (AvgIpc) is 2.75. The third-order valence-corrected chi connectivity index (χ3v) is 4.69. The normalized spacial score (nSPS) is 11.6. The molecule has 0 aliphatic rings. The Kier molecular flexibility index (Phi) is 7.21. The number of rotatable bonds is 9. The quantitative estimate of drug-likeness (QED) is 0.562. The van der Waals surface area contributed by atoms with Gasteiger partial charge in [0.1, 0.15) is 5.75 Å². The zero-order chi connectivity index (χ0) is 19.6. The summed E-state index contributed by atoms with van der Waals surface area (Å²) in [7, 11) is 1.62. The van der Waals surface area contributed by atoms with Gasteiger partial charge in [-0.05, 0) is 24.1 Å². The standard InChI is InChI=1S/C24H26N2O2/c1-28-22-16-8-15-21(18-22)26-24(27)23(20-13-6-3-7-14-20)25-17-9-12-19-10-4-2-5-11-19/h2-8,10-11,13-16,18,23,25H,9,12,17H2,1H3,(H,26,27)/p+1/t23-/m1/s1. The second kappa shape index (κ2) is 10.3. The molecule has 3 rings (SSSR count). The molecule has 0 heterocycles. The first-order chi connectivity index (χ1) is 13.8. The van der Waals surface area contributed by atoms with Crippen molar-refractivity contribution >= 4 is 11.6 Å². The topological polar surface area (TPSA) is 54.9 Å². The summed E-state index contributed by atoms with van der Waals surface area (Å²) >= 11 is 0. The zero-order valence-electron chi connectivity index (χ0n) is 16.2. The van der Waals surface area contributed by atoms with Crippen LogP contribution >= 0.6 is 0 Å². The van der Waals surface area contributed by atoms with Gasteiger partial charge in [-0.25, -0.2) is 0 Å². The second-order valence-corrected chi connectivity index (χ2v) is 6.72. The van der Waals surface area contributed by atoms with Gasteiger partial charge in [0, 0.05) is 23.7 Å². The molecule has 0 bridgehead atoms. The number of aryl methyl sites for hydroxylation is 1. The summed E-state index contributed by atoms with van der Waals surface area (Å²) in [6.07, 6.45) is 2.02. The number of methoxy groups -OCH3 is 1. The summed E-state index contributed by atoms with van der Waals surface area (Å²) in [6.45, 7) is 0.875. The van der Waals surface area contributed by atoms with Crippen LogP contribution in [0.2, 0.25) is 0 Å². The van der Waals surface area contributed by atoms with Gasteiger partial charge in [0.25, 0.3) is 5.91 Å². The van der Waals surface area contributed by atoms with E-state index in [9.17, 15) is 4.79 Å². The number of amides is 1. The van der Waals surface area contributed by atoms with Gasteiger partial charge in [0.15, 0.2) is 6.04 Å². The molecule has 144 valence electrons. The van der Waals surface area contributed by atoms with Gasteiger partial charge < -0.3 is 15.4 Å². The largest absolute Gasteiger partial charge is 0.497 e. The molecule has 1 atom stereocenters. The number of carbonyl (C=O) groups is 1. The van der Waals surface area contributed by atoms with Crippen LogP contribution in [0.5, 0.6) is 5.75 Å². The molecule has 1 amide bonds. The van der Waals surface area contributed by atoms with Gasteiger partial charge in [-0.3, -0.25) is 4.79 Å². The highest BCUT2D eigenvalue weighted by atomic mass is 16.5. The Morgan fingerprint density at radius 2 is 1.68 bits per heavy atom. The third-order valence-electron chi connectivity index (χ3n) is 4.69. The fourth-order valence-corrected chi connectivity index (χ4v) is 3.21. The number of nitrogens with one attached hydrogen (secondary N) is 1. The monoisotopic (exact) mass is 375 g/mol. The number of quaternary nitrogens is 1. The van der Waals surface area contributed by atoms with E-state index in [-0.39, 0.29) is 11.9 Å². The lowest BCUT2D eigenvalue weighted by atomic mass is 10.1. The van der Waals surface area contributed by atoms with E-state index in [1.807, 2.05) is 60.7 Å². The molecule has 3 aromatic carbocycles. The molecule has 0 aromatic heterocycles. The number of benzene rings is 3. The van der Waals surface area contributed by atoms with Crippen LogP contribution in [0, 0.1) is 0 Å². The Bertz CT molecular complexity index is 866. The van der Waals surface area contributed by atoms with Crippen LogP contribution in [0.25, 0.3) is 0 Å². The predicted molar refractivity (Wildman–Crippen MR) is 112 cm³/mol. The molecule has 0 aliphatic carbocycles. The van der Waals surface area contributed by atoms with Gasteiger partial charge in [0.2, 0.25) is 0 Å². The first-order valence-electron chi connectivity index (χ1n) is 9.63. The lowest BCUT2D eigenvalue weighted by Crippen LogP contribution is -2.87. The molecule has 3 aromatic rings. The molecule has 0 saturated heterocycles. The summed E-state index contributed by atoms with van der Waals surface area (Å²) in [4.78, 5) is 13.0. The van der Waals surface area contributed by atoms with Crippen molar-refractivity contribution in [2.24, 2.45) is 0 Å². The Morgan fingerprint density at radius 1 is 0.964 bits per heavy atom. The number of carbonyl (C=O) groups excluding carboxylic acids is 1. The number of nitrogens with two attached hydrogens (primary N) is 1. The van der Waals surface area contributed by atoms with Gasteiger partial charge in [-0.15, -0.1) is 0 Å². The average molecular weight is 375 g/mol. The Labute approximate surface area is 166 Å². The summed E-state index contributed by atoms with van der Waals surface area (Å²) in [6, 6.07) is 27.5. The zero-order valence-corrected chi connectivity index (χ0v) is 16.2. The maximum Gasteiger partial charge on any atom is 0.287 e. The molecule has 0 radical (unpaired) electrons. The minimum Gasteiger partial charge on any atom is -0.497 e. The molecule has 4 nitrogen and oxygen atoms in total. The van der Waals surface area contributed by atoms with Crippen molar-refractivity contribution in [3.63, 3.8) is 0 Å². The van der Waals surface area contributed by atoms with Crippen LogP contribution in [0.3, 0.4) is 0 Å². The van der Waals surface area contributed by atoms with Crippen LogP contribution in [0.4, 0.5) is 5.69 Å². The van der Waals surface area contributed by atoms with Crippen LogP contribution in [0.1, 0.15) is 23.6 Å². The predicted octanol–water partition coefficient (Wildman–Crippen LogP) is 3.57. The summed E-state index contributed by atoms with van der Waals surface area (Å²) in [5, 5.41) is 5.14. The summed E-state index contributed by atoms with van der Waals surface area (Å²) in [5.74, 6) is 0.695. The lowest BCUT2D eigenvalue weighted by Gasteiger charge is -2.16. The third kappa shape index (κ3) is 5.69. The highest BCUT2D eigenvalue weighted by Crippen LogP contribution is 2.18. The van der Waals surface area contributed by atoms with E-state index in [0.29, 0.717) is 0 Å². The Balaban J connectivity index is 1.63. The molecule has 28 heavy (non-hydrogen) atoms. The van der Waals surface area contributed by atoms with Crippen molar-refractivity contribution in [3.05, 3.63) is 96.1 Å². The Hall–Kier alpha value is -3.11. The molecule has 0 spiro atoms. The fraction of sp³-hybridized carbons (Fsp3) is 0.208. The van der Waals surface area contributed by atoms with Crippen LogP contribution < -0.4 is 15.4 Å². The van der Waals surface area contributed by atoms with Crippen molar-refractivity contribution in [2.45, 2.75) is 18.9 Å². The van der Waals surface area contributed by atoms with E-state index in [1.165, 1.54) is 5.56 Å². The molecule has 4 heteroatoms. The van der Waals surface area contributed by atoms with Gasteiger partial charge in [0.05, 0.1) is 13.7 Å². The fourth-order valence-electron chi connectivity index (χ4n) is 3.21. The molecule has 3 N–H and O–H groups in total. The second-order valence-electron chi connectivity index (χ2n) is 6.72. The van der Waals surface area contributed by atoms with Crippen LogP contribution in [-0.4, -0.2) is 19.6 Å². The molecule has 0 fully saturated rings. The van der Waals surface area contributed by atoms with E-state index < -0.39 is 0 Å². The smallest absolute Gasteiger partial charge is 0.287 e. The van der Waals surface area contributed by atoms with Crippen LogP contribution in [-0.2, 0) is 11.2 Å². The number of anilines is 1. The SMILES string of the molecule is COc1cccc(NC(=O)[C@H]([NH2+]CCCc2ccccc2)c2ccccc2)c1. The van der Waals surface area contributed by atoms with E-state index in [0.717, 1.165) is 36.4 Å². The molecular formula is C24H27N2O2+. The van der Waals surface area contributed by atoms with Gasteiger partial charge in [-0.2, -0.15) is 0 Å². The van der Waals surface area contributed by atoms with Gasteiger partial charge >= 0.3 is 0 Å². The van der Waals surface area contributed by atoms with E-state index in [1.54, 1.807) is 7.11 Å². The van der Waals surface area contributed by atoms with E-state index in [4.69, 9.17) is 4.74 Å². The summed E-state index contributed by atoms with van der Waals surface area (Å²) < 4.78 is 5.24. The highest BCUT2D eigenvalue weighted by molar-refractivity contribution is 5.94. The van der Waals surface area contributed by atoms with Gasteiger partial charge in [-0.1, -0.05) is 66.7 Å². The van der Waals surface area contributed by atoms with Crippen molar-refractivity contribution in [2.75, 3.05) is 19.0 Å². The first kappa shape index (κ1) is 19.6. The van der Waals surface area contributed by atoms with Crippen molar-refractivity contribution in [1.82, 2.24) is 0 Å². The number of ether oxygens (including phenoxy) is 1. The van der Waals surface area contributed by atoms with E-state index in [2.05, 4.69) is 34.9 Å². The molecular weight excluding hydrogens is 348 g/mol. The van der Waals surface area contributed by atoms with Crippen molar-refractivity contribution in [3.8, 4) is 5.75 Å².